The SMILES string of the molecule is NCOC(=O)[C@H](N)N[P+](=O)OC[C@H]1O[C@@H](n2ccc(N)nc2=O)C(F)(F)N1O. The molecule has 14 nitrogen and oxygen atoms in total. The molecule has 0 aliphatic carbocycles. The van der Waals surface area contributed by atoms with Gasteiger partial charge in [-0.05, 0) is 10.6 Å². The zero-order valence-electron chi connectivity index (χ0n) is 14.0. The number of nitrogens with zero attached hydrogens (tertiary/aromatic N) is 3. The number of hydrogen-bond acceptors (Lipinski definition) is 12. The van der Waals surface area contributed by atoms with Crippen LogP contribution in [0.2, 0.25) is 0 Å². The maximum Gasteiger partial charge on any atom is 0.615 e. The predicted octanol–water partition coefficient (Wildman–Crippen LogP) is -2.03. The highest BCUT2D eigenvalue weighted by atomic mass is 31.1. The van der Waals surface area contributed by atoms with E-state index >= 15 is 0 Å². The largest absolute Gasteiger partial charge is 0.615 e. The lowest BCUT2D eigenvalue weighted by Gasteiger charge is -2.21. The summed E-state index contributed by atoms with van der Waals surface area (Å²) < 4.78 is 54.6. The summed E-state index contributed by atoms with van der Waals surface area (Å²) >= 11 is 0. The number of halogens is 2. The highest BCUT2D eigenvalue weighted by Crippen LogP contribution is 2.41. The van der Waals surface area contributed by atoms with Gasteiger partial charge in [0.2, 0.25) is 6.23 Å². The molecular formula is C11H17F2N7O7P+. The lowest BCUT2D eigenvalue weighted by atomic mass is 10.4. The molecule has 156 valence electrons. The summed E-state index contributed by atoms with van der Waals surface area (Å²) in [5.74, 6) is -1.23. The van der Waals surface area contributed by atoms with Crippen LogP contribution in [-0.2, 0) is 23.4 Å². The molecule has 0 aromatic carbocycles. The summed E-state index contributed by atoms with van der Waals surface area (Å²) in [5.41, 5.74) is 14.4. The van der Waals surface area contributed by atoms with Gasteiger partial charge >= 0.3 is 25.9 Å². The van der Waals surface area contributed by atoms with E-state index < -0.39 is 62.9 Å². The van der Waals surface area contributed by atoms with E-state index in [1.807, 2.05) is 5.09 Å². The molecule has 1 unspecified atom stereocenters. The summed E-state index contributed by atoms with van der Waals surface area (Å²) in [4.78, 5) is 26.3. The van der Waals surface area contributed by atoms with Crippen LogP contribution in [0, 0.1) is 0 Å². The van der Waals surface area contributed by atoms with E-state index in [1.165, 1.54) is 0 Å². The Bertz CT molecular complexity index is 797. The lowest BCUT2D eigenvalue weighted by molar-refractivity contribution is -0.293. The second kappa shape index (κ2) is 8.89. The molecule has 0 radical (unpaired) electrons. The van der Waals surface area contributed by atoms with Gasteiger partial charge in [-0.3, -0.25) is 10.3 Å². The Balaban J connectivity index is 2.01. The number of carbonyl (C=O) groups excluding carboxylic acids is 1. The molecule has 1 aliphatic heterocycles. The zero-order valence-corrected chi connectivity index (χ0v) is 14.9. The first-order valence-corrected chi connectivity index (χ1v) is 8.60. The molecule has 0 spiro atoms. The number of ether oxygens (including phenoxy) is 2. The number of hydrogen-bond donors (Lipinski definition) is 5. The molecule has 1 fully saturated rings. The Morgan fingerprint density at radius 1 is 1.57 bits per heavy atom. The standard InChI is InChI=1S/C11H16F2N7O7P/c12-11(13)9(19-2-1-5(15)17-10(19)22)27-6(20(11)23)3-26-28(24)18-7(16)8(21)25-4-14/h1-2,6-7,9,23H,3-4,14,16H2,(H2-,15,17,18,22,24)/p+1/t6-,7-,9-/m1/s1. The van der Waals surface area contributed by atoms with Gasteiger partial charge in [0.25, 0.3) is 0 Å². The smallest absolute Gasteiger partial charge is 0.448 e. The number of carbonyl (C=O) groups is 1. The van der Waals surface area contributed by atoms with Crippen molar-refractivity contribution in [2.24, 2.45) is 11.5 Å². The number of aromatic nitrogens is 2. The van der Waals surface area contributed by atoms with E-state index in [-0.39, 0.29) is 5.82 Å². The maximum absolute atomic E-state index is 14.2. The van der Waals surface area contributed by atoms with Crippen molar-refractivity contribution < 1.29 is 37.3 Å². The highest BCUT2D eigenvalue weighted by Gasteiger charge is 2.59. The summed E-state index contributed by atoms with van der Waals surface area (Å²) in [5, 5.41) is 11.1. The second-order valence-corrected chi connectivity index (χ2v) is 6.24. The van der Waals surface area contributed by atoms with Crippen LogP contribution in [0.5, 0.6) is 0 Å². The molecule has 1 saturated heterocycles. The fourth-order valence-corrected chi connectivity index (χ4v) is 2.72. The summed E-state index contributed by atoms with van der Waals surface area (Å²) in [7, 11) is -2.84. The Morgan fingerprint density at radius 3 is 2.86 bits per heavy atom. The first kappa shape index (κ1) is 22.1. The van der Waals surface area contributed by atoms with Crippen LogP contribution in [0.25, 0.3) is 0 Å². The van der Waals surface area contributed by atoms with E-state index in [0.29, 0.717) is 4.57 Å². The molecule has 1 aromatic heterocycles. The minimum Gasteiger partial charge on any atom is -0.448 e. The number of nitrogens with two attached hydrogens (primary N) is 3. The number of nitrogens with one attached hydrogen (secondary N) is 1. The first-order valence-electron chi connectivity index (χ1n) is 7.42. The van der Waals surface area contributed by atoms with Gasteiger partial charge in [-0.15, -0.1) is 4.52 Å². The van der Waals surface area contributed by atoms with Crippen molar-refractivity contribution in [3.05, 3.63) is 22.7 Å². The van der Waals surface area contributed by atoms with Gasteiger partial charge in [-0.2, -0.15) is 13.8 Å². The van der Waals surface area contributed by atoms with E-state index in [4.69, 9.17) is 26.5 Å². The van der Waals surface area contributed by atoms with E-state index in [9.17, 15) is 28.1 Å². The van der Waals surface area contributed by atoms with Crippen molar-refractivity contribution in [3.63, 3.8) is 0 Å². The van der Waals surface area contributed by atoms with E-state index in [1.54, 1.807) is 0 Å². The third-order valence-electron chi connectivity index (χ3n) is 3.32. The van der Waals surface area contributed by atoms with Crippen molar-refractivity contribution in [2.45, 2.75) is 24.7 Å². The number of rotatable bonds is 8. The van der Waals surface area contributed by atoms with Crippen LogP contribution in [0.4, 0.5) is 14.6 Å². The van der Waals surface area contributed by atoms with Crippen molar-refractivity contribution in [2.75, 3.05) is 19.1 Å². The fourth-order valence-electron chi connectivity index (χ4n) is 2.05. The average molecular weight is 428 g/mol. The number of alkyl halides is 2. The van der Waals surface area contributed by atoms with Crippen LogP contribution in [0.3, 0.4) is 0 Å². The minimum atomic E-state index is -4.06. The molecule has 0 amide bonds. The van der Waals surface area contributed by atoms with Gasteiger partial charge < -0.3 is 26.1 Å². The van der Waals surface area contributed by atoms with Crippen molar-refractivity contribution in [1.82, 2.24) is 19.7 Å². The molecule has 4 atom stereocenters. The number of hydroxylamine groups is 2. The second-order valence-electron chi connectivity index (χ2n) is 5.21. The van der Waals surface area contributed by atoms with Crippen molar-refractivity contribution in [3.8, 4) is 0 Å². The van der Waals surface area contributed by atoms with Crippen molar-refractivity contribution in [1.29, 1.82) is 0 Å². The molecule has 28 heavy (non-hydrogen) atoms. The third-order valence-corrected chi connectivity index (χ3v) is 4.20. The Labute approximate surface area is 156 Å². The summed E-state index contributed by atoms with van der Waals surface area (Å²) in [6.07, 6.45) is -4.74. The molecule has 0 bridgehead atoms. The average Bonchev–Trinajstić information content (AvgIpc) is 2.83. The monoisotopic (exact) mass is 428 g/mol. The number of anilines is 1. The highest BCUT2D eigenvalue weighted by molar-refractivity contribution is 7.36. The molecule has 17 heteroatoms. The summed E-state index contributed by atoms with van der Waals surface area (Å²) in [6.45, 7) is -1.31. The molecule has 2 rings (SSSR count). The molecule has 1 aliphatic rings. The van der Waals surface area contributed by atoms with Gasteiger partial charge in [0.15, 0.2) is 12.4 Å². The minimum absolute atomic E-state index is 0.198. The van der Waals surface area contributed by atoms with Crippen LogP contribution in [0.1, 0.15) is 6.23 Å². The zero-order chi connectivity index (χ0) is 21.1. The Hall–Kier alpha value is -2.17. The molecular weight excluding hydrogens is 411 g/mol. The van der Waals surface area contributed by atoms with Gasteiger partial charge in [-0.25, -0.2) is 9.59 Å². The molecule has 1 aromatic rings. The van der Waals surface area contributed by atoms with Gasteiger partial charge in [0.05, 0.1) is 0 Å². The lowest BCUT2D eigenvalue weighted by Crippen LogP contribution is -2.45. The predicted molar refractivity (Wildman–Crippen MR) is 85.2 cm³/mol. The molecule has 8 N–H and O–H groups in total. The van der Waals surface area contributed by atoms with Gasteiger partial charge in [0.1, 0.15) is 19.2 Å². The van der Waals surface area contributed by atoms with Gasteiger partial charge in [-0.1, -0.05) is 10.2 Å². The fraction of sp³-hybridized carbons (Fsp3) is 0.545. The number of nitrogen functional groups attached to an aromatic ring is 1. The van der Waals surface area contributed by atoms with Crippen LogP contribution in [0.15, 0.2) is 17.1 Å². The Kier molecular flexibility index (Phi) is 7.02. The molecule has 0 saturated carbocycles. The van der Waals surface area contributed by atoms with Gasteiger partial charge in [0, 0.05) is 6.20 Å². The van der Waals surface area contributed by atoms with Crippen LogP contribution >= 0.6 is 8.18 Å². The van der Waals surface area contributed by atoms with Crippen molar-refractivity contribution >= 4 is 20.0 Å². The molecule has 2 heterocycles. The maximum atomic E-state index is 14.2. The quantitative estimate of drug-likeness (QED) is 0.131. The van der Waals surface area contributed by atoms with Crippen LogP contribution < -0.4 is 28.0 Å². The Morgan fingerprint density at radius 2 is 2.25 bits per heavy atom. The normalized spacial score (nSPS) is 23.4. The topological polar surface area (TPSA) is 210 Å². The van der Waals surface area contributed by atoms with E-state index in [2.05, 4.69) is 9.72 Å². The van der Waals surface area contributed by atoms with E-state index in [0.717, 1.165) is 12.3 Å². The number of esters is 1. The first-order chi connectivity index (χ1) is 13.1. The third kappa shape index (κ3) is 4.81. The summed E-state index contributed by atoms with van der Waals surface area (Å²) in [6, 6.07) is -2.98. The van der Waals surface area contributed by atoms with Crippen LogP contribution in [-0.4, -0.2) is 57.6 Å².